The van der Waals surface area contributed by atoms with Crippen molar-refractivity contribution < 1.29 is 13.2 Å². The van der Waals surface area contributed by atoms with E-state index in [0.29, 0.717) is 10.6 Å². The summed E-state index contributed by atoms with van der Waals surface area (Å²) in [5, 5.41) is 5.50. The lowest BCUT2D eigenvalue weighted by Crippen LogP contribution is -2.08. The van der Waals surface area contributed by atoms with Gasteiger partial charge in [-0.15, -0.1) is 11.3 Å². The third kappa shape index (κ3) is 4.11. The maximum atomic E-state index is 13.0. The van der Waals surface area contributed by atoms with Gasteiger partial charge in [0.25, 0.3) is 0 Å². The zero-order chi connectivity index (χ0) is 20.3. The molecule has 1 N–H and O–H groups in total. The first-order valence-electron chi connectivity index (χ1n) is 8.74. The molecule has 0 aliphatic rings. The minimum atomic E-state index is -3.65. The molecule has 0 radical (unpaired) electrons. The summed E-state index contributed by atoms with van der Waals surface area (Å²) >= 11 is 1.40. The van der Waals surface area contributed by atoms with Crippen LogP contribution < -0.4 is 5.32 Å². The van der Waals surface area contributed by atoms with Crippen molar-refractivity contribution in [2.75, 3.05) is 5.32 Å². The molecule has 144 valence electrons. The van der Waals surface area contributed by atoms with Gasteiger partial charge in [-0.1, -0.05) is 18.2 Å². The number of hydrogen-bond acceptors (Lipinski definition) is 5. The van der Waals surface area contributed by atoms with Gasteiger partial charge in [0.1, 0.15) is 0 Å². The van der Waals surface area contributed by atoms with E-state index in [9.17, 15) is 13.2 Å². The lowest BCUT2D eigenvalue weighted by Gasteiger charge is -2.08. The number of anilines is 1. The summed E-state index contributed by atoms with van der Waals surface area (Å²) in [6.07, 6.45) is 6.37. The summed E-state index contributed by atoms with van der Waals surface area (Å²) < 4.78 is 26.8. The van der Waals surface area contributed by atoms with Crippen LogP contribution in [0.5, 0.6) is 0 Å². The predicted octanol–water partition coefficient (Wildman–Crippen LogP) is 4.78. The van der Waals surface area contributed by atoms with E-state index in [-0.39, 0.29) is 10.8 Å². The molecule has 5 nitrogen and oxygen atoms in total. The Morgan fingerprint density at radius 1 is 1.00 bits per heavy atom. The maximum absolute atomic E-state index is 13.0. The first-order valence-corrected chi connectivity index (χ1v) is 11.1. The second-order valence-corrected chi connectivity index (χ2v) is 9.07. The van der Waals surface area contributed by atoms with E-state index in [1.807, 2.05) is 23.6 Å². The molecule has 4 aromatic rings. The Morgan fingerprint density at radius 2 is 1.83 bits per heavy atom. The third-order valence-electron chi connectivity index (χ3n) is 4.28. The van der Waals surface area contributed by atoms with Gasteiger partial charge in [0.15, 0.2) is 0 Å². The van der Waals surface area contributed by atoms with Crippen molar-refractivity contribution in [1.29, 1.82) is 0 Å². The fourth-order valence-electron chi connectivity index (χ4n) is 2.85. The van der Waals surface area contributed by atoms with Crippen LogP contribution in [-0.2, 0) is 14.6 Å². The van der Waals surface area contributed by atoms with Crippen molar-refractivity contribution in [2.24, 2.45) is 0 Å². The number of carbonyl (C=O) groups is 1. The molecule has 1 amide bonds. The number of benzene rings is 2. The Morgan fingerprint density at radius 3 is 2.59 bits per heavy atom. The zero-order valence-electron chi connectivity index (χ0n) is 15.1. The van der Waals surface area contributed by atoms with Crippen molar-refractivity contribution in [3.05, 3.63) is 90.1 Å². The average molecular weight is 421 g/mol. The molecule has 0 atom stereocenters. The normalized spacial score (nSPS) is 11.7. The lowest BCUT2D eigenvalue weighted by molar-refractivity contribution is -0.111. The monoisotopic (exact) mass is 420 g/mol. The van der Waals surface area contributed by atoms with Gasteiger partial charge >= 0.3 is 0 Å². The van der Waals surface area contributed by atoms with E-state index in [1.165, 1.54) is 29.5 Å². The van der Waals surface area contributed by atoms with Crippen LogP contribution in [-0.4, -0.2) is 19.3 Å². The Labute approximate surface area is 172 Å². The van der Waals surface area contributed by atoms with Gasteiger partial charge < -0.3 is 5.32 Å². The standard InChI is InChI=1S/C22H16N2O3S2/c25-21(11-6-16-3-2-13-23-15-16)24-18-7-9-19(10-8-18)29(26,27)20-5-1-4-17-12-14-28-22(17)20/h1-15H,(H,24,25). The van der Waals surface area contributed by atoms with E-state index in [0.717, 1.165) is 15.6 Å². The van der Waals surface area contributed by atoms with E-state index < -0.39 is 9.84 Å². The van der Waals surface area contributed by atoms with E-state index in [1.54, 1.807) is 48.8 Å². The Hall–Kier alpha value is -3.29. The Balaban J connectivity index is 1.52. The van der Waals surface area contributed by atoms with Gasteiger partial charge in [-0.3, -0.25) is 9.78 Å². The zero-order valence-corrected chi connectivity index (χ0v) is 16.8. The highest BCUT2D eigenvalue weighted by Crippen LogP contribution is 2.32. The molecule has 0 saturated carbocycles. The summed E-state index contributed by atoms with van der Waals surface area (Å²) in [6.45, 7) is 0. The molecule has 29 heavy (non-hydrogen) atoms. The van der Waals surface area contributed by atoms with Gasteiger partial charge in [0.05, 0.1) is 14.5 Å². The van der Waals surface area contributed by atoms with E-state index in [4.69, 9.17) is 0 Å². The van der Waals surface area contributed by atoms with Crippen LogP contribution in [0.2, 0.25) is 0 Å². The highest BCUT2D eigenvalue weighted by Gasteiger charge is 2.20. The first kappa shape index (κ1) is 19.0. The SMILES string of the molecule is O=C(C=Cc1cccnc1)Nc1ccc(S(=O)(=O)c2cccc3ccsc23)cc1. The minimum Gasteiger partial charge on any atom is -0.323 e. The quantitative estimate of drug-likeness (QED) is 0.472. The van der Waals surface area contributed by atoms with Crippen LogP contribution in [0.4, 0.5) is 5.69 Å². The Kier molecular flexibility index (Phi) is 5.24. The van der Waals surface area contributed by atoms with Gasteiger partial charge in [-0.25, -0.2) is 8.42 Å². The molecular formula is C22H16N2O3S2. The van der Waals surface area contributed by atoms with Crippen LogP contribution in [0.15, 0.2) is 94.3 Å². The van der Waals surface area contributed by atoms with E-state index >= 15 is 0 Å². The van der Waals surface area contributed by atoms with Crippen molar-refractivity contribution in [3.8, 4) is 0 Å². The number of fused-ring (bicyclic) bond motifs is 1. The molecule has 7 heteroatoms. The Bertz CT molecular complexity index is 1290. The van der Waals surface area contributed by atoms with Gasteiger partial charge in [0.2, 0.25) is 15.7 Å². The molecule has 4 rings (SSSR count). The molecule has 2 heterocycles. The summed E-state index contributed by atoms with van der Waals surface area (Å²) in [5.74, 6) is -0.312. The maximum Gasteiger partial charge on any atom is 0.248 e. The van der Waals surface area contributed by atoms with Crippen molar-refractivity contribution in [2.45, 2.75) is 9.79 Å². The number of sulfone groups is 1. The number of thiophene rings is 1. The van der Waals surface area contributed by atoms with Gasteiger partial charge in [0, 0.05) is 24.2 Å². The van der Waals surface area contributed by atoms with Crippen LogP contribution in [0.3, 0.4) is 0 Å². The number of carbonyl (C=O) groups excluding carboxylic acids is 1. The fraction of sp³-hybridized carbons (Fsp3) is 0. The second kappa shape index (κ2) is 7.98. The highest BCUT2D eigenvalue weighted by molar-refractivity contribution is 7.92. The van der Waals surface area contributed by atoms with Crippen LogP contribution in [0.1, 0.15) is 5.56 Å². The minimum absolute atomic E-state index is 0.183. The molecular weight excluding hydrogens is 404 g/mol. The van der Waals surface area contributed by atoms with Gasteiger partial charge in [-0.2, -0.15) is 0 Å². The third-order valence-corrected chi connectivity index (χ3v) is 7.18. The average Bonchev–Trinajstić information content (AvgIpc) is 3.22. The van der Waals surface area contributed by atoms with Crippen molar-refractivity contribution >= 4 is 48.9 Å². The number of aromatic nitrogens is 1. The molecule has 2 aromatic carbocycles. The second-order valence-electron chi connectivity index (χ2n) is 6.23. The molecule has 0 aliphatic carbocycles. The first-order chi connectivity index (χ1) is 14.0. The molecule has 2 aromatic heterocycles. The molecule has 0 saturated heterocycles. The smallest absolute Gasteiger partial charge is 0.248 e. The van der Waals surface area contributed by atoms with Crippen molar-refractivity contribution in [1.82, 2.24) is 4.98 Å². The summed E-state index contributed by atoms with van der Waals surface area (Å²) in [5.41, 5.74) is 1.32. The summed E-state index contributed by atoms with van der Waals surface area (Å²) in [7, 11) is -3.65. The number of nitrogens with one attached hydrogen (secondary N) is 1. The lowest BCUT2D eigenvalue weighted by atomic mass is 10.2. The number of hydrogen-bond donors (Lipinski definition) is 1. The topological polar surface area (TPSA) is 76.1 Å². The number of rotatable bonds is 5. The largest absolute Gasteiger partial charge is 0.323 e. The molecule has 0 aliphatic heterocycles. The van der Waals surface area contributed by atoms with Crippen LogP contribution in [0.25, 0.3) is 16.2 Å². The number of amides is 1. The molecule has 0 spiro atoms. The number of nitrogens with zero attached hydrogens (tertiary/aromatic N) is 1. The highest BCUT2D eigenvalue weighted by atomic mass is 32.2. The summed E-state index contributed by atoms with van der Waals surface area (Å²) in [4.78, 5) is 16.5. The van der Waals surface area contributed by atoms with E-state index in [2.05, 4.69) is 10.3 Å². The summed E-state index contributed by atoms with van der Waals surface area (Å²) in [6, 6.07) is 16.9. The molecule has 0 bridgehead atoms. The van der Waals surface area contributed by atoms with Gasteiger partial charge in [-0.05, 0) is 64.9 Å². The molecule has 0 fully saturated rings. The number of pyridine rings is 1. The van der Waals surface area contributed by atoms with Crippen LogP contribution in [0, 0.1) is 0 Å². The fourth-order valence-corrected chi connectivity index (χ4v) is 5.50. The predicted molar refractivity (Wildman–Crippen MR) is 116 cm³/mol. The molecule has 0 unspecified atom stereocenters. The van der Waals surface area contributed by atoms with Crippen molar-refractivity contribution in [3.63, 3.8) is 0 Å². The van der Waals surface area contributed by atoms with Crippen LogP contribution >= 0.6 is 11.3 Å².